The summed E-state index contributed by atoms with van der Waals surface area (Å²) < 4.78 is 49.4. The van der Waals surface area contributed by atoms with Gasteiger partial charge in [-0.1, -0.05) is 149 Å². The molecule has 1 heterocycles. The molecule has 0 N–H and O–H groups in total. The van der Waals surface area contributed by atoms with Gasteiger partial charge in [-0.15, -0.1) is 0 Å². The molecular formula is C41H39BrClFO5. The van der Waals surface area contributed by atoms with Crippen molar-refractivity contribution in [1.82, 2.24) is 0 Å². The van der Waals surface area contributed by atoms with E-state index in [-0.39, 0.29) is 13.2 Å². The lowest BCUT2D eigenvalue weighted by Gasteiger charge is -2.46. The van der Waals surface area contributed by atoms with E-state index >= 15 is 4.39 Å². The lowest BCUT2D eigenvalue weighted by molar-refractivity contribution is -0.275. The first kappa shape index (κ1) is 35.4. The Labute approximate surface area is 301 Å². The van der Waals surface area contributed by atoms with E-state index in [9.17, 15) is 0 Å². The smallest absolute Gasteiger partial charge is 0.130 e. The van der Waals surface area contributed by atoms with Gasteiger partial charge in [-0.2, -0.15) is 0 Å². The third-order valence-corrected chi connectivity index (χ3v) is 9.46. The Morgan fingerprint density at radius 2 is 1.04 bits per heavy atom. The second-order valence-corrected chi connectivity index (χ2v) is 12.9. The minimum Gasteiger partial charge on any atom is -0.374 e. The average Bonchev–Trinajstić information content (AvgIpc) is 3.14. The summed E-state index contributed by atoms with van der Waals surface area (Å²) in [4.78, 5) is 0. The van der Waals surface area contributed by atoms with Crippen LogP contribution in [0.2, 0.25) is 5.02 Å². The lowest BCUT2D eigenvalue weighted by atomic mass is 9.89. The van der Waals surface area contributed by atoms with Crippen molar-refractivity contribution < 1.29 is 28.1 Å². The summed E-state index contributed by atoms with van der Waals surface area (Å²) in [5, 5.41) is 0.779. The van der Waals surface area contributed by atoms with Gasteiger partial charge in [0.2, 0.25) is 0 Å². The first-order chi connectivity index (χ1) is 24.1. The highest BCUT2D eigenvalue weighted by Gasteiger charge is 2.49. The molecule has 5 atom stereocenters. The molecule has 0 amide bonds. The minimum absolute atomic E-state index is 0.183. The molecule has 1 unspecified atom stereocenters. The maximum absolute atomic E-state index is 16.0. The van der Waals surface area contributed by atoms with Gasteiger partial charge in [0.15, 0.2) is 0 Å². The Morgan fingerprint density at radius 1 is 0.592 bits per heavy atom. The average molecular weight is 746 g/mol. The van der Waals surface area contributed by atoms with Gasteiger partial charge in [0.25, 0.3) is 0 Å². The quantitative estimate of drug-likeness (QED) is 0.1000. The molecule has 0 bridgehead atoms. The fraction of sp³-hybridized carbons (Fsp3) is 0.268. The number of ether oxygens (including phenoxy) is 5. The van der Waals surface area contributed by atoms with E-state index in [4.69, 9.17) is 35.3 Å². The number of hydrogen-bond acceptors (Lipinski definition) is 5. The molecule has 254 valence electrons. The molecule has 0 aromatic heterocycles. The van der Waals surface area contributed by atoms with E-state index in [1.54, 1.807) is 6.07 Å². The molecule has 0 aliphatic carbocycles. The molecule has 1 aliphatic rings. The van der Waals surface area contributed by atoms with Crippen molar-refractivity contribution in [3.8, 4) is 0 Å². The van der Waals surface area contributed by atoms with Gasteiger partial charge >= 0.3 is 0 Å². The molecule has 1 aliphatic heterocycles. The maximum Gasteiger partial charge on any atom is 0.130 e. The zero-order chi connectivity index (χ0) is 33.8. The highest BCUT2D eigenvalue weighted by atomic mass is 79.9. The van der Waals surface area contributed by atoms with Crippen LogP contribution < -0.4 is 0 Å². The molecule has 8 heteroatoms. The Bertz CT molecular complexity index is 1710. The van der Waals surface area contributed by atoms with Crippen molar-refractivity contribution in [3.05, 3.63) is 178 Å². The highest BCUT2D eigenvalue weighted by Crippen LogP contribution is 2.41. The molecule has 49 heavy (non-hydrogen) atoms. The molecule has 5 aromatic carbocycles. The standard InChI is InChI=1S/C41H39BrClFO5/c42-23-33-21-34(36(44)22-35(33)43)38-40(47-26-31-17-9-3-10-18-31)41(48-27-32-19-11-4-12-20-32)39(46-25-30-15-7-2-8-16-30)37(49-38)28-45-24-29-13-5-1-6-14-29/h1-22,37-41H,23-28H2/t37-,38?,39-,40+,41+/m1/s1. The molecule has 5 aromatic rings. The summed E-state index contributed by atoms with van der Waals surface area (Å²) in [6.07, 6.45) is -3.53. The zero-order valence-corrected chi connectivity index (χ0v) is 29.3. The molecule has 6 rings (SSSR count). The summed E-state index contributed by atoms with van der Waals surface area (Å²) in [5.74, 6) is -0.484. The van der Waals surface area contributed by atoms with E-state index in [0.717, 1.165) is 27.8 Å². The largest absolute Gasteiger partial charge is 0.374 e. The summed E-state index contributed by atoms with van der Waals surface area (Å²) in [6.45, 7) is 1.43. The van der Waals surface area contributed by atoms with Crippen LogP contribution in [0.15, 0.2) is 133 Å². The van der Waals surface area contributed by atoms with Gasteiger partial charge in [-0.05, 0) is 39.9 Å². The van der Waals surface area contributed by atoms with Crippen molar-refractivity contribution in [1.29, 1.82) is 0 Å². The second kappa shape index (κ2) is 18.0. The van der Waals surface area contributed by atoms with E-state index in [1.807, 2.05) is 121 Å². The Hall–Kier alpha value is -3.40. The predicted octanol–water partition coefficient (Wildman–Crippen LogP) is 9.79. The van der Waals surface area contributed by atoms with Gasteiger partial charge in [-0.3, -0.25) is 0 Å². The van der Waals surface area contributed by atoms with Gasteiger partial charge in [0.1, 0.15) is 36.3 Å². The summed E-state index contributed by atoms with van der Waals surface area (Å²) >= 11 is 9.94. The van der Waals surface area contributed by atoms with Crippen molar-refractivity contribution in [2.24, 2.45) is 0 Å². The van der Waals surface area contributed by atoms with E-state index in [1.165, 1.54) is 6.07 Å². The van der Waals surface area contributed by atoms with Crippen LogP contribution in [0, 0.1) is 5.82 Å². The Kier molecular flexibility index (Phi) is 13.0. The Morgan fingerprint density at radius 3 is 1.53 bits per heavy atom. The minimum atomic E-state index is -0.860. The van der Waals surface area contributed by atoms with Crippen LogP contribution in [0.1, 0.15) is 39.5 Å². The van der Waals surface area contributed by atoms with Crippen LogP contribution in [0.5, 0.6) is 0 Å². The van der Waals surface area contributed by atoms with Gasteiger partial charge in [0.05, 0.1) is 33.0 Å². The van der Waals surface area contributed by atoms with Gasteiger partial charge in [0, 0.05) is 15.9 Å². The molecular weight excluding hydrogens is 707 g/mol. The summed E-state index contributed by atoms with van der Waals surface area (Å²) in [5.41, 5.74) is 5.07. The topological polar surface area (TPSA) is 46.2 Å². The van der Waals surface area contributed by atoms with Gasteiger partial charge in [-0.25, -0.2) is 4.39 Å². The van der Waals surface area contributed by atoms with Crippen LogP contribution >= 0.6 is 27.5 Å². The zero-order valence-electron chi connectivity index (χ0n) is 27.0. The number of rotatable bonds is 15. The summed E-state index contributed by atoms with van der Waals surface area (Å²) in [6, 6.07) is 42.8. The third kappa shape index (κ3) is 9.65. The first-order valence-electron chi connectivity index (χ1n) is 16.4. The fourth-order valence-electron chi connectivity index (χ4n) is 5.97. The number of benzene rings is 5. The molecule has 0 saturated carbocycles. The monoisotopic (exact) mass is 744 g/mol. The van der Waals surface area contributed by atoms with Crippen molar-refractivity contribution in [2.75, 3.05) is 6.61 Å². The first-order valence-corrected chi connectivity index (χ1v) is 17.9. The molecule has 1 saturated heterocycles. The lowest BCUT2D eigenvalue weighted by Crippen LogP contribution is -2.58. The fourth-order valence-corrected chi connectivity index (χ4v) is 6.82. The van der Waals surface area contributed by atoms with Gasteiger partial charge < -0.3 is 23.7 Å². The van der Waals surface area contributed by atoms with Crippen LogP contribution in [-0.4, -0.2) is 31.0 Å². The Balaban J connectivity index is 1.39. The highest BCUT2D eigenvalue weighted by molar-refractivity contribution is 9.08. The molecule has 1 fully saturated rings. The van der Waals surface area contributed by atoms with Crippen LogP contribution in [0.4, 0.5) is 4.39 Å². The number of halogens is 3. The number of alkyl halides is 1. The van der Waals surface area contributed by atoms with E-state index < -0.39 is 36.3 Å². The van der Waals surface area contributed by atoms with E-state index in [0.29, 0.717) is 35.7 Å². The molecule has 0 spiro atoms. The van der Waals surface area contributed by atoms with Crippen molar-refractivity contribution >= 4 is 27.5 Å². The van der Waals surface area contributed by atoms with Crippen molar-refractivity contribution in [2.45, 2.75) is 62.3 Å². The molecule has 0 radical (unpaired) electrons. The maximum atomic E-state index is 16.0. The van der Waals surface area contributed by atoms with Crippen molar-refractivity contribution in [3.63, 3.8) is 0 Å². The van der Waals surface area contributed by atoms with Crippen LogP contribution in [0.25, 0.3) is 0 Å². The summed E-state index contributed by atoms with van der Waals surface area (Å²) in [7, 11) is 0. The SMILES string of the molecule is Fc1cc(Cl)c(CBr)cc1C1O[C@H](COCc2ccccc2)[C@@H](OCc2ccccc2)[C@H](OCc2ccccc2)[C@H]1OCc1ccccc1. The van der Waals surface area contributed by atoms with Crippen LogP contribution in [-0.2, 0) is 55.4 Å². The van der Waals surface area contributed by atoms with E-state index in [2.05, 4.69) is 15.9 Å². The normalized spacial score (nSPS) is 20.7. The predicted molar refractivity (Wildman–Crippen MR) is 193 cm³/mol. The third-order valence-electron chi connectivity index (χ3n) is 8.50. The number of hydrogen-bond donors (Lipinski definition) is 0. The second-order valence-electron chi connectivity index (χ2n) is 12.0. The van der Waals surface area contributed by atoms with Crippen LogP contribution in [0.3, 0.4) is 0 Å². The molecule has 5 nitrogen and oxygen atoms in total.